The molecule has 0 saturated carbocycles. The fourth-order valence-electron chi connectivity index (χ4n) is 3.06. The van der Waals surface area contributed by atoms with Crippen LogP contribution >= 0.6 is 0 Å². The first kappa shape index (κ1) is 21.0. The van der Waals surface area contributed by atoms with Gasteiger partial charge in [0.15, 0.2) is 0 Å². The minimum absolute atomic E-state index is 0.124. The second-order valence-electron chi connectivity index (χ2n) is 6.50. The average Bonchev–Trinajstić information content (AvgIpc) is 2.73. The van der Waals surface area contributed by atoms with Gasteiger partial charge >= 0.3 is 0 Å². The molecule has 8 heteroatoms. The molecular weight excluding hydrogens is 395 g/mol. The molecular formula is C21H23FN2O4S. The molecule has 3 rings (SSSR count). The van der Waals surface area contributed by atoms with E-state index in [1.165, 1.54) is 28.6 Å². The number of carbonyl (C=O) groups is 1. The summed E-state index contributed by atoms with van der Waals surface area (Å²) in [5.41, 5.74) is 0.863. The molecule has 1 amide bonds. The lowest BCUT2D eigenvalue weighted by Gasteiger charge is -2.33. The second kappa shape index (κ2) is 9.19. The zero-order chi connectivity index (χ0) is 20.9. The van der Waals surface area contributed by atoms with Crippen molar-refractivity contribution < 1.29 is 22.3 Å². The number of carbonyl (C=O) groups excluding carboxylic acids is 1. The Morgan fingerprint density at radius 1 is 1.07 bits per heavy atom. The van der Waals surface area contributed by atoms with Gasteiger partial charge in [-0.3, -0.25) is 4.79 Å². The molecule has 0 aliphatic carbocycles. The maximum atomic E-state index is 13.9. The van der Waals surface area contributed by atoms with Gasteiger partial charge in [-0.05, 0) is 42.8 Å². The molecule has 0 spiro atoms. The molecule has 0 aromatic heterocycles. The molecule has 2 aromatic rings. The highest BCUT2D eigenvalue weighted by atomic mass is 32.2. The van der Waals surface area contributed by atoms with E-state index in [0.29, 0.717) is 6.61 Å². The van der Waals surface area contributed by atoms with E-state index >= 15 is 0 Å². The monoisotopic (exact) mass is 418 g/mol. The van der Waals surface area contributed by atoms with Crippen LogP contribution in [0.4, 0.5) is 4.39 Å². The fourth-order valence-corrected chi connectivity index (χ4v) is 4.54. The largest absolute Gasteiger partial charge is 0.494 e. The van der Waals surface area contributed by atoms with Gasteiger partial charge in [0.2, 0.25) is 15.9 Å². The maximum Gasteiger partial charge on any atom is 0.246 e. The molecule has 1 saturated heterocycles. The summed E-state index contributed by atoms with van der Waals surface area (Å²) < 4.78 is 45.7. The number of amides is 1. The standard InChI is InChI=1S/C21H23FN2O4S/c1-2-28-18-10-7-17(8-11-18)9-12-21(25)23-13-15-24(16-14-23)29(26,27)20-6-4-3-5-19(20)22/h3-12H,2,13-16H2,1H3/b12-9+. The van der Waals surface area contributed by atoms with Gasteiger partial charge in [-0.2, -0.15) is 4.31 Å². The molecule has 0 bridgehead atoms. The molecule has 29 heavy (non-hydrogen) atoms. The molecule has 0 N–H and O–H groups in total. The molecule has 1 fully saturated rings. The van der Waals surface area contributed by atoms with Crippen molar-refractivity contribution >= 4 is 22.0 Å². The lowest BCUT2D eigenvalue weighted by molar-refractivity contribution is -0.127. The van der Waals surface area contributed by atoms with Crippen LogP contribution in [-0.4, -0.2) is 56.3 Å². The topological polar surface area (TPSA) is 66.9 Å². The second-order valence-corrected chi connectivity index (χ2v) is 8.40. The van der Waals surface area contributed by atoms with Crippen molar-refractivity contribution in [2.75, 3.05) is 32.8 Å². The van der Waals surface area contributed by atoms with Gasteiger partial charge in [-0.1, -0.05) is 24.3 Å². The van der Waals surface area contributed by atoms with Crippen LogP contribution < -0.4 is 4.74 Å². The quantitative estimate of drug-likeness (QED) is 0.677. The smallest absolute Gasteiger partial charge is 0.246 e. The predicted octanol–water partition coefficient (Wildman–Crippen LogP) is 2.77. The van der Waals surface area contributed by atoms with Gasteiger partial charge in [0.1, 0.15) is 16.5 Å². The Hall–Kier alpha value is -2.71. The molecule has 1 aliphatic rings. The van der Waals surface area contributed by atoms with Gasteiger partial charge in [-0.25, -0.2) is 12.8 Å². The third-order valence-electron chi connectivity index (χ3n) is 4.61. The maximum absolute atomic E-state index is 13.9. The summed E-state index contributed by atoms with van der Waals surface area (Å²) in [6.07, 6.45) is 3.18. The van der Waals surface area contributed by atoms with Crippen LogP contribution in [0.2, 0.25) is 0 Å². The van der Waals surface area contributed by atoms with Gasteiger partial charge < -0.3 is 9.64 Å². The molecule has 2 aromatic carbocycles. The first-order valence-electron chi connectivity index (χ1n) is 9.36. The van der Waals surface area contributed by atoms with Crippen molar-refractivity contribution in [3.05, 3.63) is 66.0 Å². The fraction of sp³-hybridized carbons (Fsp3) is 0.286. The van der Waals surface area contributed by atoms with Gasteiger partial charge in [-0.15, -0.1) is 0 Å². The van der Waals surface area contributed by atoms with Crippen LogP contribution in [-0.2, 0) is 14.8 Å². The Bertz CT molecular complexity index is 982. The average molecular weight is 418 g/mol. The van der Waals surface area contributed by atoms with Crippen molar-refractivity contribution in [3.8, 4) is 5.75 Å². The van der Waals surface area contributed by atoms with E-state index in [4.69, 9.17) is 4.74 Å². The number of hydrogen-bond donors (Lipinski definition) is 0. The van der Waals surface area contributed by atoms with Crippen LogP contribution in [0.25, 0.3) is 6.08 Å². The summed E-state index contributed by atoms with van der Waals surface area (Å²) in [7, 11) is -3.92. The molecule has 6 nitrogen and oxygen atoms in total. The van der Waals surface area contributed by atoms with Crippen molar-refractivity contribution in [3.63, 3.8) is 0 Å². The summed E-state index contributed by atoms with van der Waals surface area (Å²) in [6.45, 7) is 3.25. The minimum Gasteiger partial charge on any atom is -0.494 e. The summed E-state index contributed by atoms with van der Waals surface area (Å²) in [5.74, 6) is -0.200. The number of rotatable bonds is 6. The van der Waals surface area contributed by atoms with Gasteiger partial charge in [0, 0.05) is 32.3 Å². The Labute approximate surface area is 170 Å². The first-order chi connectivity index (χ1) is 13.9. The van der Waals surface area contributed by atoms with Crippen molar-refractivity contribution in [2.45, 2.75) is 11.8 Å². The van der Waals surface area contributed by atoms with E-state index in [-0.39, 0.29) is 37.0 Å². The van der Waals surface area contributed by atoms with E-state index < -0.39 is 15.8 Å². The summed E-state index contributed by atoms with van der Waals surface area (Å²) in [4.78, 5) is 13.7. The molecule has 1 aliphatic heterocycles. The highest BCUT2D eigenvalue weighted by Gasteiger charge is 2.31. The van der Waals surface area contributed by atoms with Crippen LogP contribution in [0.15, 0.2) is 59.5 Å². The van der Waals surface area contributed by atoms with E-state index in [1.54, 1.807) is 11.0 Å². The summed E-state index contributed by atoms with van der Waals surface area (Å²) in [6, 6.07) is 12.7. The minimum atomic E-state index is -3.92. The number of piperazine rings is 1. The Morgan fingerprint density at radius 2 is 1.72 bits per heavy atom. The van der Waals surface area contributed by atoms with Crippen LogP contribution in [0.3, 0.4) is 0 Å². The predicted molar refractivity (Wildman–Crippen MR) is 108 cm³/mol. The molecule has 1 heterocycles. The Kier molecular flexibility index (Phi) is 6.66. The summed E-state index contributed by atoms with van der Waals surface area (Å²) >= 11 is 0. The number of ether oxygens (including phenoxy) is 1. The Balaban J connectivity index is 1.58. The van der Waals surface area contributed by atoms with E-state index in [2.05, 4.69) is 0 Å². The van der Waals surface area contributed by atoms with Crippen molar-refractivity contribution in [1.82, 2.24) is 9.21 Å². The molecule has 0 atom stereocenters. The van der Waals surface area contributed by atoms with Crippen LogP contribution in [0.5, 0.6) is 5.75 Å². The highest BCUT2D eigenvalue weighted by molar-refractivity contribution is 7.89. The van der Waals surface area contributed by atoms with E-state index in [0.717, 1.165) is 17.4 Å². The van der Waals surface area contributed by atoms with E-state index in [1.807, 2.05) is 31.2 Å². The van der Waals surface area contributed by atoms with Crippen LogP contribution in [0, 0.1) is 5.82 Å². The number of benzene rings is 2. The van der Waals surface area contributed by atoms with Crippen molar-refractivity contribution in [1.29, 1.82) is 0 Å². The summed E-state index contributed by atoms with van der Waals surface area (Å²) in [5, 5.41) is 0. The number of halogens is 1. The molecule has 154 valence electrons. The number of hydrogen-bond acceptors (Lipinski definition) is 4. The lowest BCUT2D eigenvalue weighted by atomic mass is 10.2. The third kappa shape index (κ3) is 5.02. The SMILES string of the molecule is CCOc1ccc(/C=C/C(=O)N2CCN(S(=O)(=O)c3ccccc3F)CC2)cc1. The van der Waals surface area contributed by atoms with E-state index in [9.17, 15) is 17.6 Å². The van der Waals surface area contributed by atoms with Crippen molar-refractivity contribution in [2.24, 2.45) is 0 Å². The molecule has 0 unspecified atom stereocenters. The third-order valence-corrected chi connectivity index (χ3v) is 6.55. The zero-order valence-corrected chi connectivity index (χ0v) is 16.9. The number of nitrogens with zero attached hydrogens (tertiary/aromatic N) is 2. The zero-order valence-electron chi connectivity index (χ0n) is 16.1. The molecule has 0 radical (unpaired) electrons. The van der Waals surface area contributed by atoms with Gasteiger partial charge in [0.25, 0.3) is 0 Å². The lowest BCUT2D eigenvalue weighted by Crippen LogP contribution is -2.50. The first-order valence-corrected chi connectivity index (χ1v) is 10.8. The van der Waals surface area contributed by atoms with Crippen LogP contribution in [0.1, 0.15) is 12.5 Å². The normalized spacial score (nSPS) is 15.6. The Morgan fingerprint density at radius 3 is 2.34 bits per heavy atom. The van der Waals surface area contributed by atoms with Gasteiger partial charge in [0.05, 0.1) is 6.61 Å². The number of sulfonamides is 1. The highest BCUT2D eigenvalue weighted by Crippen LogP contribution is 2.20.